The molecule has 0 aliphatic carbocycles. The van der Waals surface area contributed by atoms with Crippen molar-refractivity contribution in [2.24, 2.45) is 5.92 Å². The van der Waals surface area contributed by atoms with Gasteiger partial charge in [0.05, 0.1) is 23.5 Å². The Bertz CT molecular complexity index is 1450. The van der Waals surface area contributed by atoms with Crippen molar-refractivity contribution in [2.45, 2.75) is 50.2 Å². The second kappa shape index (κ2) is 8.79. The van der Waals surface area contributed by atoms with Gasteiger partial charge in [0.1, 0.15) is 23.7 Å². The average Bonchev–Trinajstić information content (AvgIpc) is 3.69. The Hall–Kier alpha value is -3.43. The van der Waals surface area contributed by atoms with E-state index in [9.17, 15) is 9.90 Å². The van der Waals surface area contributed by atoms with Gasteiger partial charge < -0.3 is 25.0 Å². The maximum absolute atomic E-state index is 14.1. The van der Waals surface area contributed by atoms with Gasteiger partial charge in [-0.25, -0.2) is 0 Å². The number of nitrogens with zero attached hydrogens (tertiary/aromatic N) is 5. The Morgan fingerprint density at radius 1 is 1.10 bits per heavy atom. The van der Waals surface area contributed by atoms with Gasteiger partial charge in [-0.3, -0.25) is 9.69 Å². The van der Waals surface area contributed by atoms with Crippen LogP contribution in [0, 0.1) is 5.92 Å². The summed E-state index contributed by atoms with van der Waals surface area (Å²) in [5.74, 6) is 1.26. The Balaban J connectivity index is 1.18. The number of carbonyl (C=O) groups is 1. The Morgan fingerprint density at radius 3 is 2.79 bits per heavy atom. The molecule has 2 unspecified atom stereocenters. The molecule has 5 aliphatic rings. The number of rotatable bonds is 5. The molecule has 3 aromatic rings. The van der Waals surface area contributed by atoms with Crippen LogP contribution >= 0.6 is 0 Å². The van der Waals surface area contributed by atoms with Gasteiger partial charge in [0.25, 0.3) is 5.91 Å². The highest BCUT2D eigenvalue weighted by molar-refractivity contribution is 6.16. The van der Waals surface area contributed by atoms with Crippen LogP contribution in [0.2, 0.25) is 0 Å². The molecular weight excluding hydrogens is 492 g/mol. The minimum Gasteiger partial charge on any atom is -0.508 e. The Labute approximate surface area is 227 Å². The Kier molecular flexibility index (Phi) is 5.29. The van der Waals surface area contributed by atoms with Gasteiger partial charge in [0.15, 0.2) is 0 Å². The fourth-order valence-electron chi connectivity index (χ4n) is 7.81. The van der Waals surface area contributed by atoms with Crippen LogP contribution < -0.4 is 19.9 Å². The van der Waals surface area contributed by atoms with E-state index in [0.717, 1.165) is 56.3 Å². The second-order valence-electron chi connectivity index (χ2n) is 12.0. The molecule has 0 saturated carbocycles. The van der Waals surface area contributed by atoms with Crippen molar-refractivity contribution in [3.05, 3.63) is 47.7 Å². The number of phenols is 1. The molecular formula is C30H34N6O3. The number of aromatic nitrogens is 2. The van der Waals surface area contributed by atoms with Crippen LogP contribution in [0.5, 0.6) is 11.8 Å². The van der Waals surface area contributed by atoms with Crippen molar-refractivity contribution in [3.8, 4) is 11.8 Å². The van der Waals surface area contributed by atoms with Crippen LogP contribution in [0.25, 0.3) is 10.8 Å². The zero-order valence-corrected chi connectivity index (χ0v) is 22.1. The van der Waals surface area contributed by atoms with Crippen molar-refractivity contribution in [1.29, 1.82) is 0 Å². The molecule has 2 atom stereocenters. The van der Waals surface area contributed by atoms with Crippen LogP contribution in [0.15, 0.2) is 36.4 Å². The standard InChI is InChI=1S/C30H34N6O3/c37-22-12-20-5-1-2-6-23(20)25(13-22)36-17-24-26(28(36)38)27(34-15-19-11-21(16-34)31-14-19)33-29(32-24)39-18-30-7-3-9-35(30)10-4-8-30/h1-2,5-6,12-13,19,21,31,37H,3-4,7-11,14-18H2. The highest BCUT2D eigenvalue weighted by Crippen LogP contribution is 2.41. The van der Waals surface area contributed by atoms with Crippen molar-refractivity contribution < 1.29 is 14.6 Å². The monoisotopic (exact) mass is 526 g/mol. The summed E-state index contributed by atoms with van der Waals surface area (Å²) >= 11 is 0. The van der Waals surface area contributed by atoms with E-state index in [1.54, 1.807) is 17.0 Å². The van der Waals surface area contributed by atoms with Crippen molar-refractivity contribution in [3.63, 3.8) is 0 Å². The normalized spacial score (nSPS) is 25.5. The largest absolute Gasteiger partial charge is 0.508 e. The number of ether oxygens (including phenoxy) is 1. The smallest absolute Gasteiger partial charge is 0.318 e. The number of piperidine rings is 1. The van der Waals surface area contributed by atoms with E-state index < -0.39 is 0 Å². The third-order valence-corrected chi connectivity index (χ3v) is 9.64. The number of amides is 1. The summed E-state index contributed by atoms with van der Waals surface area (Å²) in [4.78, 5) is 30.5. The minimum absolute atomic E-state index is 0.0963. The van der Waals surface area contributed by atoms with E-state index >= 15 is 0 Å². The molecule has 1 aromatic heterocycles. The number of carbonyl (C=O) groups excluding carboxylic acids is 1. The van der Waals surface area contributed by atoms with Crippen molar-refractivity contribution >= 4 is 28.2 Å². The number of nitrogens with one attached hydrogen (secondary N) is 1. The average molecular weight is 527 g/mol. The first kappa shape index (κ1) is 23.5. The van der Waals surface area contributed by atoms with E-state index in [1.165, 1.54) is 19.3 Å². The lowest BCUT2D eigenvalue weighted by atomic mass is 9.95. The molecule has 2 aromatic carbocycles. The summed E-state index contributed by atoms with van der Waals surface area (Å²) in [6, 6.07) is 12.0. The summed E-state index contributed by atoms with van der Waals surface area (Å²) in [6.45, 7) is 5.89. The predicted molar refractivity (Wildman–Crippen MR) is 149 cm³/mol. The molecule has 0 radical (unpaired) electrons. The molecule has 39 heavy (non-hydrogen) atoms. The third kappa shape index (κ3) is 3.77. The molecule has 2 N–H and O–H groups in total. The van der Waals surface area contributed by atoms with E-state index in [2.05, 4.69) is 15.1 Å². The SMILES string of the molecule is O=C1c2c(nc(OCC34CCCN3CCC4)nc2N2CC3CNC(C3)C2)CN1c1cc(O)cc2ccccc12. The molecule has 4 saturated heterocycles. The van der Waals surface area contributed by atoms with Gasteiger partial charge in [0, 0.05) is 37.1 Å². The van der Waals surface area contributed by atoms with Crippen LogP contribution in [-0.4, -0.2) is 76.8 Å². The highest BCUT2D eigenvalue weighted by Gasteiger charge is 2.45. The van der Waals surface area contributed by atoms with Crippen LogP contribution in [0.3, 0.4) is 0 Å². The Morgan fingerprint density at radius 2 is 1.95 bits per heavy atom. The summed E-state index contributed by atoms with van der Waals surface area (Å²) < 4.78 is 6.41. The van der Waals surface area contributed by atoms with Gasteiger partial charge in [0.2, 0.25) is 0 Å². The molecule has 5 aliphatic heterocycles. The third-order valence-electron chi connectivity index (χ3n) is 9.64. The number of fused-ring (bicyclic) bond motifs is 5. The molecule has 1 amide bonds. The lowest BCUT2D eigenvalue weighted by Crippen LogP contribution is -2.44. The van der Waals surface area contributed by atoms with E-state index in [-0.39, 0.29) is 17.2 Å². The fraction of sp³-hybridized carbons (Fsp3) is 0.500. The molecule has 4 fully saturated rings. The van der Waals surface area contributed by atoms with Crippen LogP contribution in [0.4, 0.5) is 11.5 Å². The topological polar surface area (TPSA) is 94.1 Å². The van der Waals surface area contributed by atoms with E-state index in [0.29, 0.717) is 53.9 Å². The number of anilines is 2. The summed E-state index contributed by atoms with van der Waals surface area (Å²) in [7, 11) is 0. The first-order valence-corrected chi connectivity index (χ1v) is 14.4. The van der Waals surface area contributed by atoms with Crippen LogP contribution in [0.1, 0.15) is 48.2 Å². The molecule has 9 nitrogen and oxygen atoms in total. The lowest BCUT2D eigenvalue weighted by molar-refractivity contribution is 0.0996. The fourth-order valence-corrected chi connectivity index (χ4v) is 7.81. The number of phenolic OH excluding ortho intramolecular Hbond substituents is 1. The van der Waals surface area contributed by atoms with Gasteiger partial charge in [-0.05, 0) is 62.6 Å². The number of benzene rings is 2. The molecule has 202 valence electrons. The van der Waals surface area contributed by atoms with Gasteiger partial charge in [-0.2, -0.15) is 9.97 Å². The molecule has 8 rings (SSSR count). The number of aromatic hydroxyl groups is 1. The zero-order chi connectivity index (χ0) is 26.1. The van der Waals surface area contributed by atoms with E-state index in [4.69, 9.17) is 14.7 Å². The van der Waals surface area contributed by atoms with E-state index in [1.807, 2.05) is 24.3 Å². The lowest BCUT2D eigenvalue weighted by Gasteiger charge is -2.33. The molecule has 0 spiro atoms. The van der Waals surface area contributed by atoms with Crippen molar-refractivity contribution in [2.75, 3.05) is 49.1 Å². The zero-order valence-electron chi connectivity index (χ0n) is 22.1. The molecule has 9 heteroatoms. The van der Waals surface area contributed by atoms with Crippen LogP contribution in [-0.2, 0) is 6.54 Å². The van der Waals surface area contributed by atoms with Gasteiger partial charge in [-0.15, -0.1) is 0 Å². The predicted octanol–water partition coefficient (Wildman–Crippen LogP) is 3.30. The molecule has 6 heterocycles. The highest BCUT2D eigenvalue weighted by atomic mass is 16.5. The molecule has 2 bridgehead atoms. The number of hydrogen-bond acceptors (Lipinski definition) is 8. The van der Waals surface area contributed by atoms with Crippen molar-refractivity contribution in [1.82, 2.24) is 20.2 Å². The minimum atomic E-state index is -0.121. The maximum atomic E-state index is 14.1. The first-order chi connectivity index (χ1) is 19.1. The maximum Gasteiger partial charge on any atom is 0.318 e. The summed E-state index contributed by atoms with van der Waals surface area (Å²) in [5, 5.41) is 15.9. The second-order valence-corrected chi connectivity index (χ2v) is 12.0. The summed E-state index contributed by atoms with van der Waals surface area (Å²) in [6.07, 6.45) is 5.90. The number of hydrogen-bond donors (Lipinski definition) is 2. The van der Waals surface area contributed by atoms with Gasteiger partial charge in [-0.1, -0.05) is 24.3 Å². The quantitative estimate of drug-likeness (QED) is 0.523. The van der Waals surface area contributed by atoms with Gasteiger partial charge >= 0.3 is 6.01 Å². The first-order valence-electron chi connectivity index (χ1n) is 14.4. The summed E-state index contributed by atoms with van der Waals surface area (Å²) in [5.41, 5.74) is 2.05.